The molecule has 0 atom stereocenters. The Bertz CT molecular complexity index is 768. The summed E-state index contributed by atoms with van der Waals surface area (Å²) in [4.78, 5) is 4.18. The van der Waals surface area contributed by atoms with Crippen LogP contribution in [-0.2, 0) is 10.0 Å². The van der Waals surface area contributed by atoms with Crippen LogP contribution in [0.2, 0.25) is 0 Å². The number of fused-ring (bicyclic) bond motifs is 1. The zero-order chi connectivity index (χ0) is 17.1. The van der Waals surface area contributed by atoms with Gasteiger partial charge in [-0.25, -0.2) is 23.1 Å². The first-order valence-corrected chi connectivity index (χ1v) is 9.32. The van der Waals surface area contributed by atoms with Crippen LogP contribution in [0.1, 0.15) is 38.7 Å². The third kappa shape index (κ3) is 5.47. The molecule has 0 aliphatic rings. The molecule has 128 valence electrons. The predicted molar refractivity (Wildman–Crippen MR) is 88.8 cm³/mol. The van der Waals surface area contributed by atoms with Crippen LogP contribution in [0, 0.1) is 12.3 Å². The smallest absolute Gasteiger partial charge is 0.234 e. The van der Waals surface area contributed by atoms with E-state index in [4.69, 9.17) is 9.88 Å². The van der Waals surface area contributed by atoms with Crippen LogP contribution < -0.4 is 9.88 Å². The van der Waals surface area contributed by atoms with Gasteiger partial charge in [0, 0.05) is 18.0 Å². The molecule has 2 rings (SSSR count). The van der Waals surface area contributed by atoms with Gasteiger partial charge in [0.1, 0.15) is 0 Å². The van der Waals surface area contributed by atoms with Gasteiger partial charge in [0.2, 0.25) is 15.9 Å². The van der Waals surface area contributed by atoms with Crippen molar-refractivity contribution in [2.24, 2.45) is 10.6 Å². The van der Waals surface area contributed by atoms with Gasteiger partial charge in [-0.1, -0.05) is 20.3 Å². The van der Waals surface area contributed by atoms with E-state index in [0.717, 1.165) is 24.1 Å². The zero-order valence-corrected chi connectivity index (χ0v) is 14.6. The Kier molecular flexibility index (Phi) is 5.26. The Balaban J connectivity index is 1.88. The van der Waals surface area contributed by atoms with Gasteiger partial charge in [0.15, 0.2) is 5.65 Å². The Labute approximate surface area is 136 Å². The number of hydrogen-bond donors (Lipinski definition) is 1. The minimum absolute atomic E-state index is 0.0297. The lowest BCUT2D eigenvalue weighted by molar-refractivity contribution is 0.159. The molecule has 0 saturated carbocycles. The molecule has 0 radical (unpaired) electrons. The topological polar surface area (TPSA) is 99.6 Å². The quantitative estimate of drug-likeness (QED) is 0.740. The van der Waals surface area contributed by atoms with E-state index in [1.807, 2.05) is 13.0 Å². The van der Waals surface area contributed by atoms with Crippen molar-refractivity contribution in [1.82, 2.24) is 14.6 Å². The van der Waals surface area contributed by atoms with E-state index in [0.29, 0.717) is 18.9 Å². The van der Waals surface area contributed by atoms with Crippen LogP contribution in [0.4, 0.5) is 0 Å². The van der Waals surface area contributed by atoms with Gasteiger partial charge >= 0.3 is 0 Å². The molecule has 2 aromatic heterocycles. The van der Waals surface area contributed by atoms with E-state index in [-0.39, 0.29) is 11.2 Å². The summed E-state index contributed by atoms with van der Waals surface area (Å²) in [6, 6.07) is 1.93. The standard InChI is InChI=1S/C15H24N4O3S/c1-12-10-13-17-7-8-19(13)18-14(12)22-11-15(2,3)6-4-5-9-23(16,20)21/h7-8,10H,4-6,9,11H2,1-3H3,(H2,16,20,21). The Morgan fingerprint density at radius 3 is 2.78 bits per heavy atom. The van der Waals surface area contributed by atoms with Gasteiger partial charge in [-0.2, -0.15) is 0 Å². The van der Waals surface area contributed by atoms with Crippen molar-refractivity contribution in [1.29, 1.82) is 0 Å². The fraction of sp³-hybridized carbons (Fsp3) is 0.600. The second kappa shape index (κ2) is 6.84. The molecule has 2 heterocycles. The van der Waals surface area contributed by atoms with E-state index >= 15 is 0 Å². The third-order valence-electron chi connectivity index (χ3n) is 3.66. The van der Waals surface area contributed by atoms with Crippen molar-refractivity contribution in [3.05, 3.63) is 24.0 Å². The minimum Gasteiger partial charge on any atom is -0.476 e. The van der Waals surface area contributed by atoms with Crippen molar-refractivity contribution < 1.29 is 13.2 Å². The first kappa shape index (κ1) is 17.7. The second-order valence-corrected chi connectivity index (χ2v) is 8.37. The van der Waals surface area contributed by atoms with Crippen LogP contribution in [0.3, 0.4) is 0 Å². The summed E-state index contributed by atoms with van der Waals surface area (Å²) in [6.45, 7) is 6.64. The molecule has 23 heavy (non-hydrogen) atoms. The molecule has 0 bridgehead atoms. The Hall–Kier alpha value is -1.67. The summed E-state index contributed by atoms with van der Waals surface area (Å²) in [5.74, 6) is 0.621. The van der Waals surface area contributed by atoms with E-state index in [1.54, 1.807) is 16.9 Å². The largest absolute Gasteiger partial charge is 0.476 e. The van der Waals surface area contributed by atoms with E-state index in [9.17, 15) is 8.42 Å². The summed E-state index contributed by atoms with van der Waals surface area (Å²) in [7, 11) is -3.37. The van der Waals surface area contributed by atoms with Gasteiger partial charge in [0.25, 0.3) is 0 Å². The van der Waals surface area contributed by atoms with Gasteiger partial charge in [0.05, 0.1) is 12.4 Å². The number of nitrogens with zero attached hydrogens (tertiary/aromatic N) is 3. The predicted octanol–water partition coefficient (Wildman–Crippen LogP) is 1.90. The van der Waals surface area contributed by atoms with E-state index in [2.05, 4.69) is 23.9 Å². The summed E-state index contributed by atoms with van der Waals surface area (Å²) in [5, 5.41) is 9.41. The number of rotatable bonds is 8. The molecule has 0 aliphatic carbocycles. The minimum atomic E-state index is -3.37. The van der Waals surface area contributed by atoms with Gasteiger partial charge < -0.3 is 4.74 Å². The second-order valence-electron chi connectivity index (χ2n) is 6.64. The molecule has 2 N–H and O–H groups in total. The first-order valence-electron chi connectivity index (χ1n) is 7.61. The molecular weight excluding hydrogens is 316 g/mol. The zero-order valence-electron chi connectivity index (χ0n) is 13.8. The van der Waals surface area contributed by atoms with Crippen molar-refractivity contribution in [3.8, 4) is 5.88 Å². The van der Waals surface area contributed by atoms with Crippen molar-refractivity contribution in [3.63, 3.8) is 0 Å². The number of primary sulfonamides is 1. The average molecular weight is 340 g/mol. The maximum atomic E-state index is 10.9. The summed E-state index contributed by atoms with van der Waals surface area (Å²) >= 11 is 0. The lowest BCUT2D eigenvalue weighted by Gasteiger charge is -2.24. The van der Waals surface area contributed by atoms with Crippen molar-refractivity contribution in [2.45, 2.75) is 40.0 Å². The Morgan fingerprint density at radius 1 is 1.35 bits per heavy atom. The number of aromatic nitrogens is 3. The molecule has 0 spiro atoms. The number of ether oxygens (including phenoxy) is 1. The molecule has 8 heteroatoms. The van der Waals surface area contributed by atoms with Gasteiger partial charge in [-0.3, -0.25) is 0 Å². The molecule has 0 saturated heterocycles. The monoisotopic (exact) mass is 340 g/mol. The van der Waals surface area contributed by atoms with Crippen LogP contribution in [0.15, 0.2) is 18.5 Å². The number of unbranched alkanes of at least 4 members (excludes halogenated alkanes) is 1. The number of sulfonamides is 1. The average Bonchev–Trinajstić information content (AvgIpc) is 2.87. The number of nitrogens with two attached hydrogens (primary N) is 1. The van der Waals surface area contributed by atoms with Crippen LogP contribution >= 0.6 is 0 Å². The first-order chi connectivity index (χ1) is 10.7. The highest BCUT2D eigenvalue weighted by Crippen LogP contribution is 2.25. The Morgan fingerprint density at radius 2 is 2.09 bits per heavy atom. The van der Waals surface area contributed by atoms with Crippen molar-refractivity contribution >= 4 is 15.7 Å². The molecular formula is C15H24N4O3S. The lowest BCUT2D eigenvalue weighted by atomic mass is 9.88. The number of aryl methyl sites for hydroxylation is 1. The van der Waals surface area contributed by atoms with Crippen molar-refractivity contribution in [2.75, 3.05) is 12.4 Å². The van der Waals surface area contributed by atoms with Crippen LogP contribution in [-0.4, -0.2) is 35.4 Å². The maximum absolute atomic E-state index is 10.9. The fourth-order valence-electron chi connectivity index (χ4n) is 2.31. The molecule has 0 fully saturated rings. The highest BCUT2D eigenvalue weighted by molar-refractivity contribution is 7.89. The summed E-state index contributed by atoms with van der Waals surface area (Å²) in [6.07, 6.45) is 5.69. The maximum Gasteiger partial charge on any atom is 0.234 e. The van der Waals surface area contributed by atoms with Gasteiger partial charge in [-0.05, 0) is 31.2 Å². The number of imidazole rings is 1. The van der Waals surface area contributed by atoms with Crippen LogP contribution in [0.25, 0.3) is 5.65 Å². The molecule has 0 amide bonds. The SMILES string of the molecule is Cc1cc2nccn2nc1OCC(C)(C)CCCCS(N)(=O)=O. The van der Waals surface area contributed by atoms with E-state index in [1.165, 1.54) is 0 Å². The fourth-order valence-corrected chi connectivity index (χ4v) is 2.92. The molecule has 0 aliphatic heterocycles. The normalized spacial score (nSPS) is 12.7. The number of hydrogen-bond acceptors (Lipinski definition) is 5. The molecule has 0 unspecified atom stereocenters. The highest BCUT2D eigenvalue weighted by atomic mass is 32.2. The lowest BCUT2D eigenvalue weighted by Crippen LogP contribution is -2.23. The van der Waals surface area contributed by atoms with Crippen LogP contribution in [0.5, 0.6) is 5.88 Å². The van der Waals surface area contributed by atoms with E-state index < -0.39 is 10.0 Å². The van der Waals surface area contributed by atoms with Gasteiger partial charge in [-0.15, -0.1) is 5.10 Å². The summed E-state index contributed by atoms with van der Waals surface area (Å²) in [5.41, 5.74) is 1.65. The summed E-state index contributed by atoms with van der Waals surface area (Å²) < 4.78 is 29.4. The molecule has 0 aromatic carbocycles. The molecule has 2 aromatic rings. The third-order valence-corrected chi connectivity index (χ3v) is 4.52. The highest BCUT2D eigenvalue weighted by Gasteiger charge is 2.20. The molecule has 7 nitrogen and oxygen atoms in total.